The first-order chi connectivity index (χ1) is 25.4. The second kappa shape index (κ2) is 19.5. The predicted molar refractivity (Wildman–Crippen MR) is 191 cm³/mol. The van der Waals surface area contributed by atoms with Gasteiger partial charge in [0.2, 0.25) is 29.9 Å². The van der Waals surface area contributed by atoms with Crippen molar-refractivity contribution in [1.82, 2.24) is 30.8 Å². The number of hydrogen-bond donors (Lipinski definition) is 7. The number of halogens is 2. The normalized spacial score (nSPS) is 18.3. The number of carbonyl (C=O) groups is 6. The quantitative estimate of drug-likeness (QED) is 0.0706. The van der Waals surface area contributed by atoms with Gasteiger partial charge in [0.1, 0.15) is 11.8 Å². The Kier molecular flexibility index (Phi) is 15.4. The number of ketones is 1. The highest BCUT2D eigenvalue weighted by Crippen LogP contribution is 2.32. The molecule has 54 heavy (non-hydrogen) atoms. The van der Waals surface area contributed by atoms with Crippen molar-refractivity contribution < 1.29 is 47.8 Å². The highest BCUT2D eigenvalue weighted by Gasteiger charge is 2.51. The van der Waals surface area contributed by atoms with E-state index in [1.54, 1.807) is 30.9 Å². The van der Waals surface area contributed by atoms with E-state index in [0.717, 1.165) is 29.5 Å². The summed E-state index contributed by atoms with van der Waals surface area (Å²) in [6.45, 7) is 5.17. The third kappa shape index (κ3) is 12.5. The molecule has 9 N–H and O–H groups in total. The average molecular weight is 759 g/mol. The number of rotatable bonds is 11. The first-order valence-corrected chi connectivity index (χ1v) is 17.1. The number of amides is 5. The van der Waals surface area contributed by atoms with Gasteiger partial charge < -0.3 is 46.7 Å². The Morgan fingerprint density at radius 3 is 2.46 bits per heavy atom. The number of aryl methyl sites for hydroxylation is 1. The lowest BCUT2D eigenvalue weighted by Crippen LogP contribution is -2.48. The van der Waals surface area contributed by atoms with Crippen LogP contribution in [0.15, 0.2) is 48.3 Å². The van der Waals surface area contributed by atoms with Gasteiger partial charge in [-0.2, -0.15) is 0 Å². The van der Waals surface area contributed by atoms with Crippen molar-refractivity contribution in [3.05, 3.63) is 76.1 Å². The van der Waals surface area contributed by atoms with E-state index in [0.29, 0.717) is 47.4 Å². The van der Waals surface area contributed by atoms with Crippen LogP contribution in [0.2, 0.25) is 0 Å². The molecule has 0 aliphatic carbocycles. The van der Waals surface area contributed by atoms with Crippen LogP contribution in [0.25, 0.3) is 0 Å². The molecule has 2 unspecified atom stereocenters. The van der Waals surface area contributed by atoms with Gasteiger partial charge in [0, 0.05) is 51.6 Å². The van der Waals surface area contributed by atoms with Gasteiger partial charge >= 0.3 is 0 Å². The smallest absolute Gasteiger partial charge is 0.289 e. The van der Waals surface area contributed by atoms with Crippen LogP contribution in [-0.2, 0) is 54.9 Å². The number of aliphatic hydroxyl groups is 1. The summed E-state index contributed by atoms with van der Waals surface area (Å²) in [5.41, 5.74) is 10.4. The largest absolute Gasteiger partial charge is 0.508 e. The molecule has 3 aliphatic rings. The number of alkyl halides is 2. The minimum absolute atomic E-state index is 0.0166. The summed E-state index contributed by atoms with van der Waals surface area (Å²) < 4.78 is 27.4. The molecule has 5 amide bonds. The summed E-state index contributed by atoms with van der Waals surface area (Å²) in [6.07, 6.45) is 2.52. The van der Waals surface area contributed by atoms with Gasteiger partial charge in [-0.15, -0.1) is 0 Å². The summed E-state index contributed by atoms with van der Waals surface area (Å²) in [5.74, 6) is -0.317. The number of likely N-dealkylation sites (tertiary alicyclic amines) is 1. The van der Waals surface area contributed by atoms with E-state index in [4.69, 9.17) is 16.7 Å². The fraction of sp³-hybridized carbons (Fsp3) is 0.444. The monoisotopic (exact) mass is 758 g/mol. The molecule has 18 heteroatoms. The minimum atomic E-state index is -3.31. The maximum atomic E-state index is 13.7. The maximum Gasteiger partial charge on any atom is 0.289 e. The SMILES string of the molecule is CC(=O)N1Cc2cccc(CN(N)/C=C(\N)CO)c2C1.CC1CCC(=O)N1.Cc1ccc(CNC(=O)C(=O)C2CC(F)(F)CN2C(=O)CNC=O)cc1O. The number of hydrazine groups is 1. The van der Waals surface area contributed by atoms with E-state index in [9.17, 15) is 42.7 Å². The Morgan fingerprint density at radius 1 is 1.17 bits per heavy atom. The summed E-state index contributed by atoms with van der Waals surface area (Å²) in [7, 11) is 0. The summed E-state index contributed by atoms with van der Waals surface area (Å²) in [5, 5.41) is 27.1. The van der Waals surface area contributed by atoms with Crippen molar-refractivity contribution in [3.8, 4) is 5.75 Å². The molecule has 2 atom stereocenters. The number of hydrogen-bond acceptors (Lipinski definition) is 11. The lowest BCUT2D eigenvalue weighted by molar-refractivity contribution is -0.144. The number of carbonyl (C=O) groups excluding carboxylic acids is 6. The highest BCUT2D eigenvalue weighted by atomic mass is 19.3. The number of phenols is 1. The van der Waals surface area contributed by atoms with Crippen LogP contribution in [-0.4, -0.2) is 98.5 Å². The van der Waals surface area contributed by atoms with Crippen molar-refractivity contribution in [2.75, 3.05) is 19.7 Å². The predicted octanol–water partition coefficient (Wildman–Crippen LogP) is 0.170. The lowest BCUT2D eigenvalue weighted by atomic mass is 10.0. The first-order valence-electron chi connectivity index (χ1n) is 17.1. The van der Waals surface area contributed by atoms with Crippen LogP contribution in [0.4, 0.5) is 8.78 Å². The zero-order chi connectivity index (χ0) is 40.2. The number of fused-ring (bicyclic) bond motifs is 1. The summed E-state index contributed by atoms with van der Waals surface area (Å²) in [6, 6.07) is 9.46. The van der Waals surface area contributed by atoms with Crippen LogP contribution in [0.5, 0.6) is 5.75 Å². The van der Waals surface area contributed by atoms with Gasteiger partial charge in [0.05, 0.1) is 31.9 Å². The first kappa shape index (κ1) is 42.8. The Hall–Kier alpha value is -5.62. The van der Waals surface area contributed by atoms with Crippen molar-refractivity contribution in [3.63, 3.8) is 0 Å². The van der Waals surface area contributed by atoms with Crippen LogP contribution < -0.4 is 27.5 Å². The number of nitrogens with two attached hydrogens (primary N) is 2. The van der Waals surface area contributed by atoms with Crippen molar-refractivity contribution in [2.45, 2.75) is 84.2 Å². The second-order valence-electron chi connectivity index (χ2n) is 13.2. The molecule has 0 bridgehead atoms. The molecule has 2 aromatic rings. The molecule has 0 spiro atoms. The molecule has 2 aromatic carbocycles. The molecule has 16 nitrogen and oxygen atoms in total. The minimum Gasteiger partial charge on any atom is -0.508 e. The van der Waals surface area contributed by atoms with Crippen LogP contribution in [0.1, 0.15) is 60.9 Å². The van der Waals surface area contributed by atoms with Crippen LogP contribution >= 0.6 is 0 Å². The number of nitrogens with one attached hydrogen (secondary N) is 3. The lowest BCUT2D eigenvalue weighted by Gasteiger charge is -2.22. The zero-order valence-corrected chi connectivity index (χ0v) is 30.4. The van der Waals surface area contributed by atoms with Crippen molar-refractivity contribution in [2.24, 2.45) is 11.6 Å². The van der Waals surface area contributed by atoms with Crippen molar-refractivity contribution >= 4 is 35.8 Å². The standard InChI is InChI=1S/C17H19F2N3O5.C14H20N4O2.C5H9NO/c1-10-2-3-11(4-13(10)24)6-21-16(27)15(26)12-5-17(18,19)8-22(12)14(25)7-20-9-23;1-10(20)17-5-11-3-2-4-12(14(11)8-17)6-18(16)7-13(15)9-19;1-4-2-3-5(7)6-4/h2-4,9,12,24H,5-8H2,1H3,(H,20,23)(H,21,27);2-4,7,19H,5-6,8-9,15-16H2,1H3;4H,2-3H2,1H3,(H,6,7)/b;13-7-;. The van der Waals surface area contributed by atoms with E-state index in [2.05, 4.69) is 10.6 Å². The molecule has 5 rings (SSSR count). The molecule has 0 aromatic heterocycles. The number of Topliss-reactive ketones (excluding diaryl/α,β-unsaturated/α-hetero) is 1. The number of aromatic hydroxyl groups is 1. The Balaban J connectivity index is 0.000000253. The molecule has 0 saturated carbocycles. The Morgan fingerprint density at radius 2 is 1.89 bits per heavy atom. The molecular formula is C36H48F2N8O8. The molecule has 2 fully saturated rings. The van der Waals surface area contributed by atoms with Crippen molar-refractivity contribution in [1.29, 1.82) is 0 Å². The third-order valence-electron chi connectivity index (χ3n) is 8.78. The van der Waals surface area contributed by atoms with E-state index < -0.39 is 49.1 Å². The number of aliphatic hydroxyl groups excluding tert-OH is 1. The number of benzene rings is 2. The van der Waals surface area contributed by atoms with E-state index in [1.165, 1.54) is 17.3 Å². The van der Waals surface area contributed by atoms with E-state index in [1.807, 2.05) is 30.4 Å². The van der Waals surface area contributed by atoms with Gasteiger partial charge in [-0.3, -0.25) is 28.8 Å². The third-order valence-corrected chi connectivity index (χ3v) is 8.78. The second-order valence-corrected chi connectivity index (χ2v) is 13.2. The zero-order valence-electron chi connectivity index (χ0n) is 30.4. The summed E-state index contributed by atoms with van der Waals surface area (Å²) >= 11 is 0. The molecule has 294 valence electrons. The molecule has 2 saturated heterocycles. The van der Waals surface area contributed by atoms with Gasteiger partial charge in [0.15, 0.2) is 0 Å². The average Bonchev–Trinajstić information content (AvgIpc) is 3.83. The molecule has 0 radical (unpaired) electrons. The fourth-order valence-electron chi connectivity index (χ4n) is 5.85. The molecule has 3 aliphatic heterocycles. The van der Waals surface area contributed by atoms with Gasteiger partial charge in [-0.25, -0.2) is 14.6 Å². The van der Waals surface area contributed by atoms with E-state index in [-0.39, 0.29) is 37.1 Å². The number of phenolic OH excluding ortho intramolecular Hbond substituents is 1. The van der Waals surface area contributed by atoms with Gasteiger partial charge in [-0.05, 0) is 54.2 Å². The van der Waals surface area contributed by atoms with E-state index >= 15 is 0 Å². The summed E-state index contributed by atoms with van der Waals surface area (Å²) in [4.78, 5) is 70.8. The topological polar surface area (TPSA) is 241 Å². The maximum absolute atomic E-state index is 13.7. The highest BCUT2D eigenvalue weighted by molar-refractivity contribution is 6.38. The van der Waals surface area contributed by atoms with Gasteiger partial charge in [-0.1, -0.05) is 30.3 Å². The number of nitrogens with zero attached hydrogens (tertiary/aromatic N) is 3. The fourth-order valence-corrected chi connectivity index (χ4v) is 5.85. The molecular weight excluding hydrogens is 710 g/mol. The Bertz CT molecular complexity index is 1740. The van der Waals surface area contributed by atoms with Crippen LogP contribution in [0.3, 0.4) is 0 Å². The Labute approximate surface area is 311 Å². The van der Waals surface area contributed by atoms with Gasteiger partial charge in [0.25, 0.3) is 11.8 Å². The van der Waals surface area contributed by atoms with Crippen LogP contribution in [0, 0.1) is 6.92 Å². The molecule has 3 heterocycles.